The van der Waals surface area contributed by atoms with E-state index in [1.807, 2.05) is 127 Å². The van der Waals surface area contributed by atoms with Crippen molar-refractivity contribution in [2.24, 2.45) is 0 Å². The summed E-state index contributed by atoms with van der Waals surface area (Å²) in [5.41, 5.74) is 24.7. The molecule has 0 fully saturated rings. The lowest BCUT2D eigenvalue weighted by atomic mass is 10.0. The molecule has 0 bridgehead atoms. The number of hydrogen-bond donors (Lipinski definition) is 0. The number of benzene rings is 17. The van der Waals surface area contributed by atoms with Gasteiger partial charge in [-0.15, -0.1) is 0 Å². The zero-order chi connectivity index (χ0) is 79.0. The van der Waals surface area contributed by atoms with Crippen LogP contribution in [0.15, 0.2) is 441 Å². The van der Waals surface area contributed by atoms with E-state index in [0.29, 0.717) is 34.9 Å². The fraction of sp³-hybridized carbons (Fsp3) is 0. The smallest absolute Gasteiger partial charge is 0.167 e. The number of aromatic nitrogens is 8. The molecule has 17 aromatic carbocycles. The van der Waals surface area contributed by atoms with E-state index in [9.17, 15) is 0 Å². The largest absolute Gasteiger partial charge is 0.453 e. The van der Waals surface area contributed by atoms with Gasteiger partial charge in [0.2, 0.25) is 0 Å². The lowest BCUT2D eigenvalue weighted by molar-refractivity contribution is 0.667. The van der Waals surface area contributed by atoms with Crippen LogP contribution < -0.4 is 9.80 Å². The molecule has 0 radical (unpaired) electrons. The molecule has 5 aromatic heterocycles. The van der Waals surface area contributed by atoms with Crippen LogP contribution in [0.4, 0.5) is 34.1 Å². The van der Waals surface area contributed by atoms with Gasteiger partial charge in [0.25, 0.3) is 0 Å². The van der Waals surface area contributed by atoms with Crippen LogP contribution in [0, 0.1) is 0 Å². The molecule has 560 valence electrons. The molecule has 0 aliphatic heterocycles. The second-order valence-corrected chi connectivity index (χ2v) is 29.3. The zero-order valence-electron chi connectivity index (χ0n) is 64.4. The first-order valence-corrected chi connectivity index (χ1v) is 39.9. The van der Waals surface area contributed by atoms with Gasteiger partial charge in [0, 0.05) is 99.9 Å². The maximum absolute atomic E-state index is 7.04. The summed E-state index contributed by atoms with van der Waals surface area (Å²) in [6, 6.07) is 152. The Morgan fingerprint density at radius 1 is 0.185 bits per heavy atom. The van der Waals surface area contributed by atoms with E-state index in [1.165, 1.54) is 27.1 Å². The van der Waals surface area contributed by atoms with E-state index in [4.69, 9.17) is 34.3 Å². The van der Waals surface area contributed by atoms with Crippen LogP contribution in [0.1, 0.15) is 0 Å². The quantitative estimate of drug-likeness (QED) is 0.0935. The van der Waals surface area contributed by atoms with Crippen LogP contribution in [0.5, 0.6) is 0 Å². The summed E-state index contributed by atoms with van der Waals surface area (Å²) in [5.74, 6) is 3.68. The molecule has 11 nitrogen and oxygen atoms in total. The topological polar surface area (TPSA) is 107 Å². The van der Waals surface area contributed by atoms with E-state index < -0.39 is 0 Å². The second-order valence-electron chi connectivity index (χ2n) is 29.3. The maximum atomic E-state index is 7.04. The van der Waals surface area contributed by atoms with Gasteiger partial charge in [-0.3, -0.25) is 0 Å². The van der Waals surface area contributed by atoms with Crippen molar-refractivity contribution in [2.45, 2.75) is 0 Å². The molecule has 22 aromatic rings. The van der Waals surface area contributed by atoms with Crippen molar-refractivity contribution >= 4 is 99.7 Å². The Kier molecular flexibility index (Phi) is 18.4. The third-order valence-electron chi connectivity index (χ3n) is 22.1. The van der Waals surface area contributed by atoms with Gasteiger partial charge < -0.3 is 23.4 Å². The van der Waals surface area contributed by atoms with Crippen molar-refractivity contribution in [2.75, 3.05) is 9.80 Å². The molecule has 0 unspecified atom stereocenters. The van der Waals surface area contributed by atoms with E-state index in [1.54, 1.807) is 0 Å². The van der Waals surface area contributed by atoms with Gasteiger partial charge >= 0.3 is 0 Å². The first-order valence-electron chi connectivity index (χ1n) is 39.9. The average molecular weight is 1530 g/mol. The van der Waals surface area contributed by atoms with Crippen LogP contribution in [0.25, 0.3) is 168 Å². The number of furan rings is 1. The summed E-state index contributed by atoms with van der Waals surface area (Å²) in [6.45, 7) is 0. The molecule has 119 heavy (non-hydrogen) atoms. The Balaban J connectivity index is 0.000000149. The highest BCUT2D eigenvalue weighted by molar-refractivity contribution is 6.15. The average Bonchev–Trinajstić information content (AvgIpc) is 2.35. The first-order chi connectivity index (χ1) is 59.0. The Labute approximate surface area is 687 Å². The van der Waals surface area contributed by atoms with Crippen LogP contribution >= 0.6 is 0 Å². The summed E-state index contributed by atoms with van der Waals surface area (Å²) in [4.78, 5) is 34.5. The molecular weight excluding hydrogens is 1450 g/mol. The molecule has 5 heterocycles. The third-order valence-corrected chi connectivity index (χ3v) is 22.1. The molecule has 0 N–H and O–H groups in total. The fourth-order valence-electron chi connectivity index (χ4n) is 16.5. The molecule has 11 heteroatoms. The number of para-hydroxylation sites is 8. The Bertz CT molecular complexity index is 7240. The highest BCUT2D eigenvalue weighted by Gasteiger charge is 2.24. The van der Waals surface area contributed by atoms with Crippen molar-refractivity contribution in [1.82, 2.24) is 39.0 Å². The number of nitrogens with zero attached hydrogens (tertiary/aromatic N) is 10. The molecular formula is C108H72N10O. The molecule has 0 saturated carbocycles. The molecule has 0 spiro atoms. The Morgan fingerprint density at radius 3 is 0.916 bits per heavy atom. The monoisotopic (exact) mass is 1520 g/mol. The van der Waals surface area contributed by atoms with E-state index in [-0.39, 0.29) is 0 Å². The maximum Gasteiger partial charge on any atom is 0.167 e. The number of rotatable bonds is 16. The van der Waals surface area contributed by atoms with E-state index in [0.717, 1.165) is 140 Å². The first kappa shape index (κ1) is 70.6. The summed E-state index contributed by atoms with van der Waals surface area (Å²) in [5, 5.41) is 6.75. The fourth-order valence-corrected chi connectivity index (χ4v) is 16.5. The standard InChI is InChI=1S/C57H37N5O.C51H35N5/c1-5-17-39(18-6-1)55-58-56(40-19-7-2-8-20-40)60-57(59-55)48-28-15-26-46-47-27-16-30-52(54(47)63-53(46)48)62-50-29-14-13-25-45(50)49-37-41(33-36-51(49)62)38-31-34-44(35-32-38)61(42-21-9-3-10-22-42)43-23-11-4-12-24-43;1-5-16-37(17-6-1)49-52-50(38-18-7-2-8-19-38)54-51(53-49)40-20-15-25-44(34-40)56-47-27-14-13-26-45(47)46-35-39(30-33-48(46)56)36-28-31-43(32-29-36)55(41-21-9-3-10-22-41)42-23-11-4-12-24-42/h1-37H;1-35H. The molecule has 0 aliphatic rings. The summed E-state index contributed by atoms with van der Waals surface area (Å²) >= 11 is 0. The second kappa shape index (κ2) is 30.9. The summed E-state index contributed by atoms with van der Waals surface area (Å²) in [6.07, 6.45) is 0. The number of anilines is 6. The van der Waals surface area contributed by atoms with Crippen molar-refractivity contribution in [3.05, 3.63) is 437 Å². The van der Waals surface area contributed by atoms with Crippen molar-refractivity contribution in [3.63, 3.8) is 0 Å². The van der Waals surface area contributed by atoms with Gasteiger partial charge in [0.05, 0.1) is 33.3 Å². The lowest BCUT2D eigenvalue weighted by Gasteiger charge is -2.25. The predicted octanol–water partition coefficient (Wildman–Crippen LogP) is 28.1. The molecule has 22 rings (SSSR count). The van der Waals surface area contributed by atoms with E-state index in [2.05, 4.69) is 328 Å². The number of hydrogen-bond acceptors (Lipinski definition) is 9. The molecule has 0 atom stereocenters. The van der Waals surface area contributed by atoms with Gasteiger partial charge in [0.15, 0.2) is 40.5 Å². The minimum absolute atomic E-state index is 0.555. The summed E-state index contributed by atoms with van der Waals surface area (Å²) < 4.78 is 11.7. The van der Waals surface area contributed by atoms with Gasteiger partial charge in [0.1, 0.15) is 5.58 Å². The molecule has 0 amide bonds. The van der Waals surface area contributed by atoms with E-state index >= 15 is 0 Å². The highest BCUT2D eigenvalue weighted by Crippen LogP contribution is 2.45. The minimum Gasteiger partial charge on any atom is -0.453 e. The predicted molar refractivity (Wildman–Crippen MR) is 488 cm³/mol. The molecule has 0 aliphatic carbocycles. The van der Waals surface area contributed by atoms with Gasteiger partial charge in [-0.2, -0.15) is 0 Å². The third kappa shape index (κ3) is 13.5. The Hall–Kier alpha value is -16.2. The summed E-state index contributed by atoms with van der Waals surface area (Å²) in [7, 11) is 0. The number of fused-ring (bicyclic) bond motifs is 9. The minimum atomic E-state index is 0.555. The van der Waals surface area contributed by atoms with Crippen molar-refractivity contribution in [1.29, 1.82) is 0 Å². The Morgan fingerprint density at radius 2 is 0.487 bits per heavy atom. The van der Waals surface area contributed by atoms with Crippen LogP contribution in [0.3, 0.4) is 0 Å². The van der Waals surface area contributed by atoms with Crippen molar-refractivity contribution < 1.29 is 4.42 Å². The normalized spacial score (nSPS) is 11.4. The van der Waals surface area contributed by atoms with Crippen molar-refractivity contribution in [3.8, 4) is 102 Å². The zero-order valence-corrected chi connectivity index (χ0v) is 64.4. The SMILES string of the molecule is c1ccc(-c2nc(-c3ccccc3)nc(-c3cccc(-n4c5ccccc5c5cc(-c6ccc(N(c7ccccc7)c7ccccc7)cc6)ccc54)c3)n2)cc1.c1ccc(-c2nc(-c3ccccc3)nc(-c3cccc4c3oc3c(-n5c6ccccc6c6cc(-c7ccc(N(c8ccccc8)c8ccccc8)cc7)ccc65)cccc34)n2)cc1. The van der Waals surface area contributed by atoms with Crippen LogP contribution in [0.2, 0.25) is 0 Å². The lowest BCUT2D eigenvalue weighted by Crippen LogP contribution is -2.09. The molecule has 0 saturated heterocycles. The van der Waals surface area contributed by atoms with Crippen LogP contribution in [-0.2, 0) is 0 Å². The highest BCUT2D eigenvalue weighted by atomic mass is 16.3. The van der Waals surface area contributed by atoms with Gasteiger partial charge in [-0.25, -0.2) is 29.9 Å². The van der Waals surface area contributed by atoms with Gasteiger partial charge in [-0.05, 0) is 156 Å². The van der Waals surface area contributed by atoms with Crippen LogP contribution in [-0.4, -0.2) is 39.0 Å². The van der Waals surface area contributed by atoms with Gasteiger partial charge in [-0.1, -0.05) is 303 Å².